The highest BCUT2D eigenvalue weighted by atomic mass is 16.6. The number of rotatable bonds is 11. The molecule has 0 fully saturated rings. The molecule has 10 nitrogen and oxygen atoms in total. The molecule has 0 saturated heterocycles. The van der Waals surface area contributed by atoms with Gasteiger partial charge in [0.05, 0.1) is 0 Å². The summed E-state index contributed by atoms with van der Waals surface area (Å²) in [7, 11) is 0. The van der Waals surface area contributed by atoms with Crippen molar-refractivity contribution in [3.63, 3.8) is 0 Å². The van der Waals surface area contributed by atoms with E-state index in [4.69, 9.17) is 23.7 Å². The van der Waals surface area contributed by atoms with E-state index in [1.165, 1.54) is 77.1 Å². The number of carbonyl (C=O) groups is 5. The van der Waals surface area contributed by atoms with Gasteiger partial charge in [-0.25, -0.2) is 24.0 Å². The van der Waals surface area contributed by atoms with Gasteiger partial charge in [-0.15, -0.1) is 0 Å². The minimum atomic E-state index is -0.811. The Hall–Kier alpha value is -5.51. The number of carbonyl (C=O) groups excluding carboxylic acids is 5. The maximum atomic E-state index is 12.9. The van der Waals surface area contributed by atoms with Crippen molar-refractivity contribution in [2.45, 2.75) is 34.6 Å². The molecule has 0 N–H and O–H groups in total. The Balaban J connectivity index is 2.40. The Bertz CT molecular complexity index is 1510. The first-order chi connectivity index (χ1) is 19.6. The molecule has 0 aliphatic carbocycles. The molecule has 42 heavy (non-hydrogen) atoms. The van der Waals surface area contributed by atoms with Crippen LogP contribution in [0.4, 0.5) is 0 Å². The predicted molar refractivity (Wildman–Crippen MR) is 154 cm³/mol. The van der Waals surface area contributed by atoms with E-state index in [1.807, 2.05) is 0 Å². The van der Waals surface area contributed by atoms with Crippen molar-refractivity contribution in [1.29, 1.82) is 0 Å². The molecule has 0 saturated carbocycles. The maximum absolute atomic E-state index is 12.9. The minimum absolute atomic E-state index is 0.0482. The van der Waals surface area contributed by atoms with Crippen molar-refractivity contribution in [2.24, 2.45) is 0 Å². The van der Waals surface area contributed by atoms with Gasteiger partial charge >= 0.3 is 29.8 Å². The maximum Gasteiger partial charge on any atom is 0.339 e. The second-order valence-corrected chi connectivity index (χ2v) is 9.24. The fraction of sp³-hybridized carbons (Fsp3) is 0.156. The SMILES string of the molecule is C=C(C)C(=O)Oc1cc(OC(=O)C(=C)C)cc(OC(=O)C(C)=Cc2ccc(OC(=O)C(=C)C)c(OC(=O)C(=C)C)c2)c1. The average Bonchev–Trinajstić information content (AvgIpc) is 2.89. The standard InChI is InChI=1S/C32H30O10/c1-17(2)28(33)38-23-14-24(39-29(34)18(3)4)16-25(15-23)40-32(37)21(9)12-22-10-11-26(41-30(35)19(5)6)27(13-22)42-31(36)20(7)8/h10-16H,1,3,5,7H2,2,4,6,8-9H3. The zero-order valence-corrected chi connectivity index (χ0v) is 24.0. The van der Waals surface area contributed by atoms with E-state index in [0.29, 0.717) is 5.56 Å². The second-order valence-electron chi connectivity index (χ2n) is 9.24. The lowest BCUT2D eigenvalue weighted by atomic mass is 10.1. The average molecular weight is 575 g/mol. The van der Waals surface area contributed by atoms with E-state index in [2.05, 4.69) is 26.3 Å². The van der Waals surface area contributed by atoms with Crippen LogP contribution < -0.4 is 23.7 Å². The van der Waals surface area contributed by atoms with Gasteiger partial charge in [0.2, 0.25) is 0 Å². The molecule has 0 bridgehead atoms. The second kappa shape index (κ2) is 14.2. The van der Waals surface area contributed by atoms with E-state index < -0.39 is 29.8 Å². The van der Waals surface area contributed by atoms with Crippen LogP contribution in [0.15, 0.2) is 90.6 Å². The molecule has 0 spiro atoms. The summed E-state index contributed by atoms with van der Waals surface area (Å²) in [6.07, 6.45) is 1.43. The van der Waals surface area contributed by atoms with E-state index in [9.17, 15) is 24.0 Å². The molecule has 0 heterocycles. The molecular formula is C32H30O10. The lowest BCUT2D eigenvalue weighted by Crippen LogP contribution is -2.13. The zero-order chi connectivity index (χ0) is 31.7. The number of hydrogen-bond donors (Lipinski definition) is 0. The van der Waals surface area contributed by atoms with Crippen LogP contribution in [-0.4, -0.2) is 29.8 Å². The molecule has 2 aromatic carbocycles. The van der Waals surface area contributed by atoms with Crippen LogP contribution in [0.5, 0.6) is 28.7 Å². The van der Waals surface area contributed by atoms with Crippen LogP contribution in [0.3, 0.4) is 0 Å². The highest BCUT2D eigenvalue weighted by Gasteiger charge is 2.18. The van der Waals surface area contributed by atoms with Gasteiger partial charge in [-0.05, 0) is 58.4 Å². The normalized spacial score (nSPS) is 10.5. The number of hydrogen-bond acceptors (Lipinski definition) is 10. The van der Waals surface area contributed by atoms with Gasteiger partial charge < -0.3 is 23.7 Å². The van der Waals surface area contributed by atoms with Crippen molar-refractivity contribution in [3.05, 3.63) is 96.1 Å². The van der Waals surface area contributed by atoms with E-state index in [-0.39, 0.29) is 56.6 Å². The molecule has 0 amide bonds. The third-order valence-corrected chi connectivity index (χ3v) is 4.96. The molecule has 0 atom stereocenters. The number of esters is 5. The smallest absolute Gasteiger partial charge is 0.339 e. The quantitative estimate of drug-likeness (QED) is 0.189. The molecular weight excluding hydrogens is 544 g/mol. The van der Waals surface area contributed by atoms with Crippen LogP contribution in [-0.2, 0) is 24.0 Å². The van der Waals surface area contributed by atoms with Gasteiger partial charge in [-0.2, -0.15) is 0 Å². The molecule has 10 heteroatoms. The Morgan fingerprint density at radius 1 is 0.500 bits per heavy atom. The third-order valence-electron chi connectivity index (χ3n) is 4.96. The van der Waals surface area contributed by atoms with Gasteiger partial charge in [0.1, 0.15) is 17.2 Å². The van der Waals surface area contributed by atoms with E-state index in [1.54, 1.807) is 0 Å². The predicted octanol–water partition coefficient (Wildman–Crippen LogP) is 5.62. The van der Waals surface area contributed by atoms with Crippen molar-refractivity contribution in [3.8, 4) is 28.7 Å². The lowest BCUT2D eigenvalue weighted by molar-refractivity contribution is -0.132. The van der Waals surface area contributed by atoms with Gasteiger partial charge in [-0.1, -0.05) is 32.4 Å². The Morgan fingerprint density at radius 3 is 1.26 bits per heavy atom. The summed E-state index contributed by atoms with van der Waals surface area (Å²) in [6, 6.07) is 8.05. The first-order valence-corrected chi connectivity index (χ1v) is 12.3. The topological polar surface area (TPSA) is 132 Å². The Labute approximate surface area is 243 Å². The summed E-state index contributed by atoms with van der Waals surface area (Å²) in [5, 5.41) is 0. The highest BCUT2D eigenvalue weighted by Crippen LogP contribution is 2.32. The first-order valence-electron chi connectivity index (χ1n) is 12.3. The van der Waals surface area contributed by atoms with Crippen LogP contribution in [0.1, 0.15) is 40.2 Å². The summed E-state index contributed by atoms with van der Waals surface area (Å²) in [5.41, 5.74) is 0.965. The molecule has 0 aromatic heterocycles. The summed E-state index contributed by atoms with van der Waals surface area (Å²) >= 11 is 0. The lowest BCUT2D eigenvalue weighted by Gasteiger charge is -2.12. The summed E-state index contributed by atoms with van der Waals surface area (Å²) in [6.45, 7) is 21.3. The fourth-order valence-electron chi connectivity index (χ4n) is 2.76. The molecule has 0 aliphatic rings. The molecule has 2 rings (SSSR count). The summed E-state index contributed by atoms with van der Waals surface area (Å²) in [4.78, 5) is 61.1. The van der Waals surface area contributed by atoms with E-state index >= 15 is 0 Å². The van der Waals surface area contributed by atoms with Crippen LogP contribution >= 0.6 is 0 Å². The van der Waals surface area contributed by atoms with Crippen molar-refractivity contribution >= 4 is 35.9 Å². The number of benzene rings is 2. The van der Waals surface area contributed by atoms with Crippen LogP contribution in [0.25, 0.3) is 6.08 Å². The number of ether oxygens (including phenoxy) is 5. The molecule has 218 valence electrons. The van der Waals surface area contributed by atoms with Crippen LogP contribution in [0.2, 0.25) is 0 Å². The Kier molecular flexibility index (Phi) is 11.1. The molecule has 0 aliphatic heterocycles. The van der Waals surface area contributed by atoms with E-state index in [0.717, 1.165) is 0 Å². The Morgan fingerprint density at radius 2 is 0.857 bits per heavy atom. The van der Waals surface area contributed by atoms with Gasteiger partial charge in [0, 0.05) is 46.1 Å². The van der Waals surface area contributed by atoms with Crippen LogP contribution in [0, 0.1) is 0 Å². The molecule has 0 radical (unpaired) electrons. The summed E-state index contributed by atoms with van der Waals surface area (Å²) < 4.78 is 26.4. The highest BCUT2D eigenvalue weighted by molar-refractivity contribution is 5.95. The van der Waals surface area contributed by atoms with Gasteiger partial charge in [-0.3, -0.25) is 0 Å². The third kappa shape index (κ3) is 9.60. The zero-order valence-electron chi connectivity index (χ0n) is 24.0. The molecule has 2 aromatic rings. The fourth-order valence-corrected chi connectivity index (χ4v) is 2.76. The van der Waals surface area contributed by atoms with Crippen molar-refractivity contribution in [1.82, 2.24) is 0 Å². The first kappa shape index (κ1) is 32.7. The monoisotopic (exact) mass is 574 g/mol. The van der Waals surface area contributed by atoms with Crippen molar-refractivity contribution in [2.75, 3.05) is 0 Å². The minimum Gasteiger partial charge on any atom is -0.423 e. The van der Waals surface area contributed by atoms with Gasteiger partial charge in [0.15, 0.2) is 11.5 Å². The summed E-state index contributed by atoms with van der Waals surface area (Å²) in [5.74, 6) is -4.15. The largest absolute Gasteiger partial charge is 0.423 e. The van der Waals surface area contributed by atoms with Crippen molar-refractivity contribution < 1.29 is 47.7 Å². The van der Waals surface area contributed by atoms with Gasteiger partial charge in [0.25, 0.3) is 0 Å². The molecule has 0 unspecified atom stereocenters.